The van der Waals surface area contributed by atoms with Gasteiger partial charge in [-0.1, -0.05) is 32.0 Å². The Morgan fingerprint density at radius 1 is 1.17 bits per heavy atom. The molecule has 0 amide bonds. The number of rotatable bonds is 6. The van der Waals surface area contributed by atoms with Gasteiger partial charge in [-0.2, -0.15) is 0 Å². The van der Waals surface area contributed by atoms with Crippen LogP contribution in [0.5, 0.6) is 5.75 Å². The van der Waals surface area contributed by atoms with Crippen molar-refractivity contribution in [2.24, 2.45) is 5.41 Å². The first-order valence-electron chi connectivity index (χ1n) is 9.82. The molecule has 0 aromatic heterocycles. The second-order valence-corrected chi connectivity index (χ2v) is 8.30. The zero-order chi connectivity index (χ0) is 21.2. The minimum absolute atomic E-state index is 0.0503. The number of nitrogens with one attached hydrogen (secondary N) is 1. The van der Waals surface area contributed by atoms with Crippen LogP contribution in [0.3, 0.4) is 0 Å². The molecule has 1 aliphatic carbocycles. The number of esters is 1. The summed E-state index contributed by atoms with van der Waals surface area (Å²) in [4.78, 5) is 26.3. The number of methoxy groups -OCH3 is 2. The van der Waals surface area contributed by atoms with Crippen molar-refractivity contribution in [3.05, 3.63) is 52.4 Å². The Balaban J connectivity index is 2.13. The van der Waals surface area contributed by atoms with Crippen LogP contribution in [0.25, 0.3) is 0 Å². The van der Waals surface area contributed by atoms with Crippen molar-refractivity contribution >= 4 is 11.8 Å². The molecule has 0 unspecified atom stereocenters. The maximum absolute atomic E-state index is 13.2. The van der Waals surface area contributed by atoms with Crippen LogP contribution in [0.2, 0.25) is 0 Å². The molecule has 6 heteroatoms. The first-order valence-corrected chi connectivity index (χ1v) is 9.82. The molecule has 6 nitrogen and oxygen atoms in total. The third-order valence-electron chi connectivity index (χ3n) is 5.43. The van der Waals surface area contributed by atoms with Gasteiger partial charge in [-0.15, -0.1) is 0 Å². The van der Waals surface area contributed by atoms with Crippen LogP contribution in [-0.2, 0) is 19.1 Å². The molecule has 0 saturated carbocycles. The lowest BCUT2D eigenvalue weighted by molar-refractivity contribution is -0.140. The highest BCUT2D eigenvalue weighted by molar-refractivity contribution is 6.04. The van der Waals surface area contributed by atoms with Crippen molar-refractivity contribution in [1.82, 2.24) is 5.32 Å². The first-order chi connectivity index (χ1) is 13.8. The van der Waals surface area contributed by atoms with E-state index in [1.54, 1.807) is 14.2 Å². The molecule has 1 aromatic rings. The van der Waals surface area contributed by atoms with Gasteiger partial charge in [-0.25, -0.2) is 4.79 Å². The lowest BCUT2D eigenvalue weighted by atomic mass is 9.68. The maximum Gasteiger partial charge on any atom is 0.336 e. The lowest BCUT2D eigenvalue weighted by Crippen LogP contribution is -2.38. The SMILES string of the molecule is COCCOC(=O)C1=C(C)NC2=C(C(=O)CC(C)(C)C2)[C@@H]1c1ccccc1OC. The van der Waals surface area contributed by atoms with Crippen LogP contribution >= 0.6 is 0 Å². The molecule has 0 fully saturated rings. The van der Waals surface area contributed by atoms with E-state index in [0.29, 0.717) is 35.6 Å². The van der Waals surface area contributed by atoms with Gasteiger partial charge in [0.15, 0.2) is 5.78 Å². The van der Waals surface area contributed by atoms with Gasteiger partial charge in [0.25, 0.3) is 0 Å². The Morgan fingerprint density at radius 2 is 1.90 bits per heavy atom. The number of carbonyl (C=O) groups excluding carboxylic acids is 2. The molecule has 1 aliphatic heterocycles. The van der Waals surface area contributed by atoms with Crippen molar-refractivity contribution in [2.75, 3.05) is 27.4 Å². The first kappa shape index (κ1) is 21.1. The topological polar surface area (TPSA) is 73.9 Å². The Bertz CT molecular complexity index is 881. The molecule has 1 N–H and O–H groups in total. The van der Waals surface area contributed by atoms with Gasteiger partial charge in [0, 0.05) is 36.1 Å². The summed E-state index contributed by atoms with van der Waals surface area (Å²) in [6, 6.07) is 7.51. The van der Waals surface area contributed by atoms with E-state index < -0.39 is 11.9 Å². The Hall–Kier alpha value is -2.60. The number of dihydropyridines is 1. The van der Waals surface area contributed by atoms with Crippen molar-refractivity contribution in [2.45, 2.75) is 39.5 Å². The van der Waals surface area contributed by atoms with Crippen LogP contribution in [0.4, 0.5) is 0 Å². The van der Waals surface area contributed by atoms with E-state index in [1.807, 2.05) is 31.2 Å². The van der Waals surface area contributed by atoms with Gasteiger partial charge >= 0.3 is 5.97 Å². The molecule has 1 aromatic carbocycles. The van der Waals surface area contributed by atoms with Gasteiger partial charge in [0.1, 0.15) is 12.4 Å². The number of Topliss-reactive ketones (excluding diaryl/α,β-unsaturated/α-hetero) is 1. The second kappa shape index (κ2) is 8.41. The number of hydrogen-bond acceptors (Lipinski definition) is 6. The van der Waals surface area contributed by atoms with E-state index in [2.05, 4.69) is 19.2 Å². The Labute approximate surface area is 171 Å². The largest absolute Gasteiger partial charge is 0.496 e. The molecule has 156 valence electrons. The van der Waals surface area contributed by atoms with Crippen LogP contribution in [-0.4, -0.2) is 39.2 Å². The summed E-state index contributed by atoms with van der Waals surface area (Å²) in [6.07, 6.45) is 1.17. The van der Waals surface area contributed by atoms with Gasteiger partial charge in [0.2, 0.25) is 0 Å². The summed E-state index contributed by atoms with van der Waals surface area (Å²) >= 11 is 0. The quantitative estimate of drug-likeness (QED) is 0.583. The zero-order valence-electron chi connectivity index (χ0n) is 17.8. The van der Waals surface area contributed by atoms with Crippen molar-refractivity contribution < 1.29 is 23.8 Å². The van der Waals surface area contributed by atoms with Gasteiger partial charge in [0.05, 0.1) is 25.2 Å². The molecule has 1 atom stereocenters. The van der Waals surface area contributed by atoms with Gasteiger partial charge in [-0.05, 0) is 24.8 Å². The standard InChI is InChI=1S/C23H29NO5/c1-14-19(22(26)29-11-10-27-4)20(15-8-6-7-9-18(15)28-5)21-16(24-14)12-23(2,3)13-17(21)25/h6-9,20,24H,10-13H2,1-5H3/t20-/m1/s1. The minimum Gasteiger partial charge on any atom is -0.496 e. The third-order valence-corrected chi connectivity index (χ3v) is 5.43. The monoisotopic (exact) mass is 399 g/mol. The summed E-state index contributed by atoms with van der Waals surface area (Å²) in [7, 11) is 3.14. The highest BCUT2D eigenvalue weighted by Gasteiger charge is 2.43. The van der Waals surface area contributed by atoms with Crippen LogP contribution in [0.15, 0.2) is 46.8 Å². The van der Waals surface area contributed by atoms with E-state index >= 15 is 0 Å². The number of ether oxygens (including phenoxy) is 3. The summed E-state index contributed by atoms with van der Waals surface area (Å²) in [6.45, 7) is 6.48. The summed E-state index contributed by atoms with van der Waals surface area (Å²) in [5, 5.41) is 3.33. The van der Waals surface area contributed by atoms with Crippen LogP contribution in [0, 0.1) is 5.41 Å². The van der Waals surface area contributed by atoms with E-state index in [0.717, 1.165) is 17.7 Å². The smallest absolute Gasteiger partial charge is 0.336 e. The Morgan fingerprint density at radius 3 is 2.59 bits per heavy atom. The molecule has 29 heavy (non-hydrogen) atoms. The fourth-order valence-corrected chi connectivity index (χ4v) is 4.22. The zero-order valence-corrected chi connectivity index (χ0v) is 17.8. The summed E-state index contributed by atoms with van der Waals surface area (Å²) < 4.78 is 16.0. The van der Waals surface area contributed by atoms with E-state index in [4.69, 9.17) is 14.2 Å². The molecule has 2 aliphatic rings. The van der Waals surface area contributed by atoms with E-state index in [1.165, 1.54) is 0 Å². The number of carbonyl (C=O) groups is 2. The van der Waals surface area contributed by atoms with Gasteiger partial charge in [-0.3, -0.25) is 4.79 Å². The van der Waals surface area contributed by atoms with Gasteiger partial charge < -0.3 is 19.5 Å². The van der Waals surface area contributed by atoms with Crippen molar-refractivity contribution in [1.29, 1.82) is 0 Å². The number of hydrogen-bond donors (Lipinski definition) is 1. The number of para-hydroxylation sites is 1. The normalized spacial score (nSPS) is 20.9. The predicted octanol–water partition coefficient (Wildman–Crippen LogP) is 3.49. The second-order valence-electron chi connectivity index (χ2n) is 8.30. The predicted molar refractivity (Wildman–Crippen MR) is 109 cm³/mol. The molecular formula is C23H29NO5. The fourth-order valence-electron chi connectivity index (χ4n) is 4.22. The average Bonchev–Trinajstić information content (AvgIpc) is 2.65. The number of ketones is 1. The molecule has 0 bridgehead atoms. The van der Waals surface area contributed by atoms with E-state index in [9.17, 15) is 9.59 Å². The molecule has 0 radical (unpaired) electrons. The van der Waals surface area contributed by atoms with E-state index in [-0.39, 0.29) is 17.8 Å². The van der Waals surface area contributed by atoms with Crippen LogP contribution < -0.4 is 10.1 Å². The molecule has 0 saturated heterocycles. The van der Waals surface area contributed by atoms with Crippen LogP contribution in [0.1, 0.15) is 45.1 Å². The summed E-state index contributed by atoms with van der Waals surface area (Å²) in [5.74, 6) is -0.290. The molecule has 3 rings (SSSR count). The lowest BCUT2D eigenvalue weighted by Gasteiger charge is -2.39. The average molecular weight is 399 g/mol. The molecule has 1 heterocycles. The highest BCUT2D eigenvalue weighted by Crippen LogP contribution is 2.48. The Kier molecular flexibility index (Phi) is 6.13. The number of benzene rings is 1. The van der Waals surface area contributed by atoms with Crippen molar-refractivity contribution in [3.8, 4) is 5.75 Å². The molecular weight excluding hydrogens is 370 g/mol. The summed E-state index contributed by atoms with van der Waals surface area (Å²) in [5.41, 5.74) is 3.32. The fraction of sp³-hybridized carbons (Fsp3) is 0.478. The number of allylic oxidation sites excluding steroid dienone is 3. The van der Waals surface area contributed by atoms with Crippen molar-refractivity contribution in [3.63, 3.8) is 0 Å². The minimum atomic E-state index is -0.527. The third kappa shape index (κ3) is 4.22. The molecule has 0 spiro atoms. The highest BCUT2D eigenvalue weighted by atomic mass is 16.6. The maximum atomic E-state index is 13.2.